The van der Waals surface area contributed by atoms with Crippen LogP contribution in [0.3, 0.4) is 0 Å². The number of allylic oxidation sites excluding steroid dienone is 2. The predicted molar refractivity (Wildman–Crippen MR) is 55.3 cm³/mol. The first kappa shape index (κ1) is 10.4. The molecular weight excluding hydrogens is 179 g/mol. The quantitative estimate of drug-likeness (QED) is 0.529. The van der Waals surface area contributed by atoms with Crippen LogP contribution in [0.1, 0.15) is 12.5 Å². The fourth-order valence-electron chi connectivity index (χ4n) is 1.04. The molecule has 0 aliphatic carbocycles. The van der Waals surface area contributed by atoms with Gasteiger partial charge < -0.3 is 0 Å². The zero-order valence-corrected chi connectivity index (χ0v) is 7.96. The van der Waals surface area contributed by atoms with E-state index < -0.39 is 0 Å². The van der Waals surface area contributed by atoms with Crippen LogP contribution >= 0.6 is 0 Å². The molecule has 0 N–H and O–H groups in total. The van der Waals surface area contributed by atoms with E-state index >= 15 is 0 Å². The van der Waals surface area contributed by atoms with Crippen molar-refractivity contribution >= 4 is 11.9 Å². The third kappa shape index (κ3) is 2.66. The van der Waals surface area contributed by atoms with E-state index in [0.29, 0.717) is 5.57 Å². The minimum absolute atomic E-state index is 0.0516. The fraction of sp³-hybridized carbons (Fsp3) is 0.0833. The topological polar surface area (TPSA) is 17.1 Å². The van der Waals surface area contributed by atoms with Crippen molar-refractivity contribution in [3.05, 3.63) is 53.9 Å². The van der Waals surface area contributed by atoms with Gasteiger partial charge in [0.2, 0.25) is 0 Å². The molecule has 0 radical (unpaired) electrons. The minimum atomic E-state index is -0.287. The van der Waals surface area contributed by atoms with Crippen LogP contribution in [-0.4, -0.2) is 5.78 Å². The maximum atomic E-state index is 12.6. The molecule has 0 fully saturated rings. The molecule has 1 rings (SSSR count). The first-order valence-corrected chi connectivity index (χ1v) is 4.24. The van der Waals surface area contributed by atoms with Crippen molar-refractivity contribution in [2.24, 2.45) is 0 Å². The van der Waals surface area contributed by atoms with Gasteiger partial charge in [-0.2, -0.15) is 0 Å². The average molecular weight is 190 g/mol. The smallest absolute Gasteiger partial charge is 0.159 e. The highest BCUT2D eigenvalue weighted by Gasteiger charge is 1.98. The lowest BCUT2D eigenvalue weighted by Gasteiger charge is -1.96. The summed E-state index contributed by atoms with van der Waals surface area (Å²) in [5.41, 5.74) is 1.31. The maximum Gasteiger partial charge on any atom is 0.159 e. The number of ketones is 1. The van der Waals surface area contributed by atoms with Crippen LogP contribution < -0.4 is 0 Å². The largest absolute Gasteiger partial charge is 0.295 e. The maximum absolute atomic E-state index is 12.6. The number of rotatable bonds is 3. The normalized spacial score (nSPS) is 11.1. The lowest BCUT2D eigenvalue weighted by Crippen LogP contribution is -1.92. The molecule has 1 nitrogen and oxygen atoms in total. The molecule has 0 spiro atoms. The Bertz CT molecular complexity index is 374. The average Bonchev–Trinajstić information content (AvgIpc) is 2.16. The molecule has 0 unspecified atom stereocenters. The van der Waals surface area contributed by atoms with Gasteiger partial charge in [-0.15, -0.1) is 0 Å². The number of hydrogen-bond donors (Lipinski definition) is 0. The van der Waals surface area contributed by atoms with Gasteiger partial charge in [-0.1, -0.05) is 24.8 Å². The second kappa shape index (κ2) is 4.51. The van der Waals surface area contributed by atoms with E-state index in [2.05, 4.69) is 6.58 Å². The van der Waals surface area contributed by atoms with Crippen LogP contribution in [0.25, 0.3) is 6.08 Å². The number of Topliss-reactive ketones (excluding diaryl/α,β-unsaturated/α-hetero) is 1. The van der Waals surface area contributed by atoms with E-state index in [1.54, 1.807) is 18.2 Å². The van der Waals surface area contributed by atoms with Crippen molar-refractivity contribution in [3.8, 4) is 0 Å². The van der Waals surface area contributed by atoms with Gasteiger partial charge in [-0.05, 0) is 30.7 Å². The molecule has 0 aliphatic rings. The number of halogens is 1. The Hall–Kier alpha value is -1.70. The van der Waals surface area contributed by atoms with E-state index in [1.807, 2.05) is 0 Å². The van der Waals surface area contributed by atoms with Gasteiger partial charge in [0.05, 0.1) is 0 Å². The lowest BCUT2D eigenvalue weighted by atomic mass is 10.1. The number of hydrogen-bond acceptors (Lipinski definition) is 1. The highest BCUT2D eigenvalue weighted by atomic mass is 19.1. The molecule has 2 heteroatoms. The van der Waals surface area contributed by atoms with E-state index in [9.17, 15) is 9.18 Å². The van der Waals surface area contributed by atoms with E-state index in [0.717, 1.165) is 5.56 Å². The summed E-state index contributed by atoms with van der Waals surface area (Å²) in [7, 11) is 0. The Labute approximate surface area is 82.6 Å². The first-order chi connectivity index (χ1) is 6.63. The Kier molecular flexibility index (Phi) is 3.35. The molecule has 0 amide bonds. The molecule has 0 aromatic heterocycles. The zero-order chi connectivity index (χ0) is 10.6. The summed E-state index contributed by atoms with van der Waals surface area (Å²) < 4.78 is 12.6. The Morgan fingerprint density at radius 3 is 2.36 bits per heavy atom. The van der Waals surface area contributed by atoms with Crippen LogP contribution in [0.2, 0.25) is 0 Å². The van der Waals surface area contributed by atoms with Crippen molar-refractivity contribution in [1.29, 1.82) is 0 Å². The van der Waals surface area contributed by atoms with E-state index in [4.69, 9.17) is 0 Å². The van der Waals surface area contributed by atoms with Crippen molar-refractivity contribution in [3.63, 3.8) is 0 Å². The summed E-state index contributed by atoms with van der Waals surface area (Å²) in [5, 5.41) is 0. The van der Waals surface area contributed by atoms with E-state index in [-0.39, 0.29) is 11.6 Å². The monoisotopic (exact) mass is 190 g/mol. The summed E-state index contributed by atoms with van der Waals surface area (Å²) in [4.78, 5) is 11.0. The van der Waals surface area contributed by atoms with E-state index in [1.165, 1.54) is 25.1 Å². The van der Waals surface area contributed by atoms with Gasteiger partial charge in [0.25, 0.3) is 0 Å². The molecule has 0 saturated carbocycles. The Morgan fingerprint density at radius 2 is 1.93 bits per heavy atom. The second-order valence-corrected chi connectivity index (χ2v) is 2.91. The summed E-state index contributed by atoms with van der Waals surface area (Å²) in [6.07, 6.45) is 3.17. The molecule has 0 aliphatic heterocycles. The molecule has 0 bridgehead atoms. The molecule has 0 saturated heterocycles. The number of carbonyl (C=O) groups excluding carboxylic acids is 1. The molecular formula is C12H11FO. The molecule has 14 heavy (non-hydrogen) atoms. The lowest BCUT2D eigenvalue weighted by molar-refractivity contribution is -0.113. The summed E-state index contributed by atoms with van der Waals surface area (Å²) in [6, 6.07) is 5.93. The van der Waals surface area contributed by atoms with Crippen molar-refractivity contribution < 1.29 is 9.18 Å². The Balaban J connectivity index is 3.01. The zero-order valence-electron chi connectivity index (χ0n) is 7.96. The molecule has 1 aromatic carbocycles. The third-order valence-corrected chi connectivity index (χ3v) is 1.82. The van der Waals surface area contributed by atoms with Gasteiger partial charge in [0.1, 0.15) is 5.82 Å². The fourth-order valence-corrected chi connectivity index (χ4v) is 1.04. The van der Waals surface area contributed by atoms with Crippen LogP contribution in [0, 0.1) is 5.82 Å². The molecule has 1 aromatic rings. The van der Waals surface area contributed by atoms with Crippen LogP contribution in [0.5, 0.6) is 0 Å². The van der Waals surface area contributed by atoms with Crippen LogP contribution in [0.4, 0.5) is 4.39 Å². The first-order valence-electron chi connectivity index (χ1n) is 4.24. The highest BCUT2D eigenvalue weighted by Crippen LogP contribution is 2.09. The van der Waals surface area contributed by atoms with Crippen molar-refractivity contribution in [2.45, 2.75) is 6.92 Å². The van der Waals surface area contributed by atoms with Gasteiger partial charge >= 0.3 is 0 Å². The standard InChI is InChI=1S/C12H11FO/c1-3-11(9(2)14)8-10-4-6-12(13)7-5-10/h3-8H,1H2,2H3/b11-8-. The third-order valence-electron chi connectivity index (χ3n) is 1.82. The predicted octanol–water partition coefficient (Wildman–Crippen LogP) is 2.98. The van der Waals surface area contributed by atoms with Crippen molar-refractivity contribution in [2.75, 3.05) is 0 Å². The molecule has 0 atom stereocenters. The molecule has 0 heterocycles. The minimum Gasteiger partial charge on any atom is -0.295 e. The summed E-state index contributed by atoms with van der Waals surface area (Å²) >= 11 is 0. The van der Waals surface area contributed by atoms with Gasteiger partial charge in [0, 0.05) is 5.57 Å². The SMILES string of the molecule is C=C/C(=C/c1ccc(F)cc1)C(C)=O. The second-order valence-electron chi connectivity index (χ2n) is 2.91. The molecule has 72 valence electrons. The van der Waals surface area contributed by atoms with Gasteiger partial charge in [0.15, 0.2) is 5.78 Å². The van der Waals surface area contributed by atoms with Crippen molar-refractivity contribution in [1.82, 2.24) is 0 Å². The highest BCUT2D eigenvalue weighted by molar-refractivity contribution is 6.00. The Morgan fingerprint density at radius 1 is 1.36 bits per heavy atom. The summed E-state index contributed by atoms with van der Waals surface area (Å²) in [5.74, 6) is -0.338. The summed E-state index contributed by atoms with van der Waals surface area (Å²) in [6.45, 7) is 5.00. The van der Waals surface area contributed by atoms with Gasteiger partial charge in [-0.25, -0.2) is 4.39 Å². The van der Waals surface area contributed by atoms with Gasteiger partial charge in [-0.3, -0.25) is 4.79 Å². The van der Waals surface area contributed by atoms with Crippen LogP contribution in [-0.2, 0) is 4.79 Å². The number of benzene rings is 1. The van der Waals surface area contributed by atoms with Crippen LogP contribution in [0.15, 0.2) is 42.5 Å². The number of carbonyl (C=O) groups is 1.